The number of aromatic nitrogens is 2. The van der Waals surface area contributed by atoms with Crippen molar-refractivity contribution in [1.82, 2.24) is 9.97 Å². The molecule has 90 valence electrons. The maximum absolute atomic E-state index is 5.93. The van der Waals surface area contributed by atoms with Gasteiger partial charge >= 0.3 is 0 Å². The molecule has 0 aliphatic heterocycles. The van der Waals surface area contributed by atoms with Crippen molar-refractivity contribution in [1.29, 1.82) is 0 Å². The molecule has 1 N–H and O–H groups in total. The maximum atomic E-state index is 5.93. The van der Waals surface area contributed by atoms with Crippen LogP contribution in [0.5, 0.6) is 5.88 Å². The Morgan fingerprint density at radius 3 is 2.88 bits per heavy atom. The zero-order valence-electron chi connectivity index (χ0n) is 9.79. The van der Waals surface area contributed by atoms with Crippen LogP contribution in [0.2, 0.25) is 5.02 Å². The number of halogens is 1. The molecule has 1 rings (SSSR count). The van der Waals surface area contributed by atoms with E-state index in [2.05, 4.69) is 29.1 Å². The van der Waals surface area contributed by atoms with Crippen LogP contribution >= 0.6 is 11.6 Å². The third-order valence-electron chi connectivity index (χ3n) is 1.98. The predicted octanol–water partition coefficient (Wildman–Crippen LogP) is 3.13. The lowest BCUT2D eigenvalue weighted by Crippen LogP contribution is -2.06. The summed E-state index contributed by atoms with van der Waals surface area (Å²) >= 11 is 5.93. The summed E-state index contributed by atoms with van der Waals surface area (Å²) < 4.78 is 5.47. The molecule has 0 spiro atoms. The summed E-state index contributed by atoms with van der Waals surface area (Å²) in [5.74, 6) is 1.03. The first kappa shape index (κ1) is 13.0. The number of hydrogen-bond acceptors (Lipinski definition) is 4. The molecule has 0 aliphatic carbocycles. The molecule has 1 aromatic heterocycles. The van der Waals surface area contributed by atoms with Crippen LogP contribution in [-0.4, -0.2) is 23.1 Å². The summed E-state index contributed by atoms with van der Waals surface area (Å²) in [5, 5.41) is 3.55. The van der Waals surface area contributed by atoms with E-state index in [0.717, 1.165) is 25.8 Å². The van der Waals surface area contributed by atoms with Crippen molar-refractivity contribution in [3.63, 3.8) is 0 Å². The van der Waals surface area contributed by atoms with Gasteiger partial charge in [0.1, 0.15) is 5.02 Å². The van der Waals surface area contributed by atoms with Gasteiger partial charge in [-0.15, -0.1) is 0 Å². The number of anilines is 1. The SMILES string of the molecule is CCCCOc1nc(NCCC)ncc1Cl. The fourth-order valence-electron chi connectivity index (χ4n) is 1.09. The van der Waals surface area contributed by atoms with E-state index in [-0.39, 0.29) is 0 Å². The smallest absolute Gasteiger partial charge is 0.237 e. The standard InChI is InChI=1S/C11H18ClN3O/c1-3-5-7-16-10-9(12)8-14-11(15-10)13-6-4-2/h8H,3-7H2,1-2H3,(H,13,14,15). The van der Waals surface area contributed by atoms with E-state index >= 15 is 0 Å². The fourth-order valence-corrected chi connectivity index (χ4v) is 1.23. The third-order valence-corrected chi connectivity index (χ3v) is 2.24. The molecule has 0 aliphatic rings. The van der Waals surface area contributed by atoms with Gasteiger partial charge in [0.25, 0.3) is 0 Å². The van der Waals surface area contributed by atoms with E-state index < -0.39 is 0 Å². The highest BCUT2D eigenvalue weighted by Gasteiger charge is 2.05. The van der Waals surface area contributed by atoms with Crippen LogP contribution in [0.15, 0.2) is 6.20 Å². The lowest BCUT2D eigenvalue weighted by molar-refractivity contribution is 0.298. The van der Waals surface area contributed by atoms with Gasteiger partial charge in [-0.1, -0.05) is 31.9 Å². The summed E-state index contributed by atoms with van der Waals surface area (Å²) in [6.45, 7) is 5.68. The van der Waals surface area contributed by atoms with Gasteiger partial charge in [-0.3, -0.25) is 0 Å². The topological polar surface area (TPSA) is 47.0 Å². The van der Waals surface area contributed by atoms with Crippen molar-refractivity contribution in [2.24, 2.45) is 0 Å². The minimum absolute atomic E-state index is 0.457. The molecule has 0 unspecified atom stereocenters. The molecule has 0 amide bonds. The van der Waals surface area contributed by atoms with Gasteiger partial charge in [0, 0.05) is 6.54 Å². The minimum Gasteiger partial charge on any atom is -0.476 e. The van der Waals surface area contributed by atoms with Crippen molar-refractivity contribution in [3.05, 3.63) is 11.2 Å². The number of nitrogens with one attached hydrogen (secondary N) is 1. The normalized spacial score (nSPS) is 10.2. The maximum Gasteiger partial charge on any atom is 0.237 e. The quantitative estimate of drug-likeness (QED) is 0.748. The van der Waals surface area contributed by atoms with Crippen LogP contribution in [0.25, 0.3) is 0 Å². The second-order valence-electron chi connectivity index (χ2n) is 3.48. The Morgan fingerprint density at radius 2 is 2.19 bits per heavy atom. The van der Waals surface area contributed by atoms with Crippen molar-refractivity contribution in [2.75, 3.05) is 18.5 Å². The summed E-state index contributed by atoms with van der Waals surface area (Å²) in [4.78, 5) is 8.28. The molecular formula is C11H18ClN3O. The highest BCUT2D eigenvalue weighted by molar-refractivity contribution is 6.31. The second kappa shape index (κ2) is 7.28. The Morgan fingerprint density at radius 1 is 1.38 bits per heavy atom. The first-order valence-corrected chi connectivity index (χ1v) is 6.05. The molecular weight excluding hydrogens is 226 g/mol. The van der Waals surface area contributed by atoms with E-state index in [9.17, 15) is 0 Å². The highest BCUT2D eigenvalue weighted by Crippen LogP contribution is 2.21. The fraction of sp³-hybridized carbons (Fsp3) is 0.636. The lowest BCUT2D eigenvalue weighted by Gasteiger charge is -2.08. The molecule has 0 fully saturated rings. The second-order valence-corrected chi connectivity index (χ2v) is 3.88. The Balaban J connectivity index is 2.59. The minimum atomic E-state index is 0.457. The van der Waals surface area contributed by atoms with Gasteiger partial charge in [0.05, 0.1) is 12.8 Å². The van der Waals surface area contributed by atoms with Gasteiger partial charge < -0.3 is 10.1 Å². The van der Waals surface area contributed by atoms with E-state index in [1.54, 1.807) is 6.20 Å². The summed E-state index contributed by atoms with van der Waals surface area (Å²) in [6, 6.07) is 0. The zero-order chi connectivity index (χ0) is 11.8. The molecule has 0 bridgehead atoms. The van der Waals surface area contributed by atoms with E-state index in [0.29, 0.717) is 23.5 Å². The van der Waals surface area contributed by atoms with Crippen LogP contribution in [0.3, 0.4) is 0 Å². The van der Waals surface area contributed by atoms with E-state index in [1.165, 1.54) is 0 Å². The molecule has 1 heterocycles. The number of ether oxygens (including phenoxy) is 1. The van der Waals surface area contributed by atoms with E-state index in [4.69, 9.17) is 16.3 Å². The molecule has 0 saturated heterocycles. The molecule has 16 heavy (non-hydrogen) atoms. The van der Waals surface area contributed by atoms with Crippen LogP contribution in [0.4, 0.5) is 5.95 Å². The Kier molecular flexibility index (Phi) is 5.93. The predicted molar refractivity (Wildman–Crippen MR) is 66.2 cm³/mol. The molecule has 0 radical (unpaired) electrons. The Labute approximate surface area is 101 Å². The molecule has 5 heteroatoms. The summed E-state index contributed by atoms with van der Waals surface area (Å²) in [7, 11) is 0. The van der Waals surface area contributed by atoms with Crippen molar-refractivity contribution >= 4 is 17.5 Å². The monoisotopic (exact) mass is 243 g/mol. The average molecular weight is 244 g/mol. The Bertz CT molecular complexity index is 320. The van der Waals surface area contributed by atoms with Crippen LogP contribution < -0.4 is 10.1 Å². The van der Waals surface area contributed by atoms with Gasteiger partial charge in [-0.2, -0.15) is 4.98 Å². The van der Waals surface area contributed by atoms with Crippen molar-refractivity contribution < 1.29 is 4.74 Å². The van der Waals surface area contributed by atoms with Crippen LogP contribution in [0.1, 0.15) is 33.1 Å². The molecule has 0 atom stereocenters. The number of rotatable bonds is 7. The molecule has 1 aromatic rings. The van der Waals surface area contributed by atoms with Gasteiger partial charge in [0.2, 0.25) is 11.8 Å². The highest BCUT2D eigenvalue weighted by atomic mass is 35.5. The number of hydrogen-bond donors (Lipinski definition) is 1. The lowest BCUT2D eigenvalue weighted by atomic mass is 10.4. The molecule has 4 nitrogen and oxygen atoms in total. The average Bonchev–Trinajstić information content (AvgIpc) is 2.30. The van der Waals surface area contributed by atoms with Crippen molar-refractivity contribution in [2.45, 2.75) is 33.1 Å². The van der Waals surface area contributed by atoms with E-state index in [1.807, 2.05) is 0 Å². The van der Waals surface area contributed by atoms with Gasteiger partial charge in [-0.25, -0.2) is 4.98 Å². The van der Waals surface area contributed by atoms with Crippen molar-refractivity contribution in [3.8, 4) is 5.88 Å². The van der Waals surface area contributed by atoms with Gasteiger partial charge in [0.15, 0.2) is 0 Å². The number of unbranched alkanes of at least 4 members (excludes halogenated alkanes) is 1. The first-order valence-electron chi connectivity index (χ1n) is 5.67. The third kappa shape index (κ3) is 4.23. The summed E-state index contributed by atoms with van der Waals surface area (Å²) in [6.07, 6.45) is 4.67. The number of nitrogens with zero attached hydrogens (tertiary/aromatic N) is 2. The zero-order valence-corrected chi connectivity index (χ0v) is 10.5. The van der Waals surface area contributed by atoms with Crippen LogP contribution in [-0.2, 0) is 0 Å². The molecule has 0 aromatic carbocycles. The van der Waals surface area contributed by atoms with Gasteiger partial charge in [-0.05, 0) is 12.8 Å². The Hall–Kier alpha value is -1.03. The first-order chi connectivity index (χ1) is 7.77. The summed E-state index contributed by atoms with van der Waals surface area (Å²) in [5.41, 5.74) is 0. The molecule has 0 saturated carbocycles. The van der Waals surface area contributed by atoms with Crippen LogP contribution in [0, 0.1) is 0 Å². The largest absolute Gasteiger partial charge is 0.476 e.